The van der Waals surface area contributed by atoms with Crippen LogP contribution in [-0.4, -0.2) is 71.4 Å². The fraction of sp³-hybridized carbons (Fsp3) is 0.800. The van der Waals surface area contributed by atoms with Crippen molar-refractivity contribution >= 4 is 16.1 Å². The van der Waals surface area contributed by atoms with E-state index >= 15 is 0 Å². The molecule has 1 aromatic heterocycles. The van der Waals surface area contributed by atoms with Crippen molar-refractivity contribution in [1.82, 2.24) is 24.4 Å². The Labute approximate surface area is 176 Å². The highest BCUT2D eigenvalue weighted by molar-refractivity contribution is 7.86. The first kappa shape index (κ1) is 19.2. The Morgan fingerprint density at radius 3 is 2.43 bits per heavy atom. The van der Waals surface area contributed by atoms with E-state index < -0.39 is 10.2 Å². The number of piperidine rings is 3. The van der Waals surface area contributed by atoms with Gasteiger partial charge in [0.05, 0.1) is 0 Å². The topological polar surface area (TPSA) is 108 Å². The predicted octanol–water partition coefficient (Wildman–Crippen LogP) is 0.958. The van der Waals surface area contributed by atoms with Crippen LogP contribution in [-0.2, 0) is 10.2 Å². The molecule has 1 aliphatic carbocycles. The first-order valence-electron chi connectivity index (χ1n) is 11.3. The van der Waals surface area contributed by atoms with E-state index in [2.05, 4.69) is 15.8 Å². The molecule has 6 fully saturated rings. The molecule has 2 unspecified atom stereocenters. The third-order valence-electron chi connectivity index (χ3n) is 7.60. The highest BCUT2D eigenvalue weighted by atomic mass is 32.2. The molecule has 7 rings (SSSR count). The minimum atomic E-state index is -3.47. The summed E-state index contributed by atoms with van der Waals surface area (Å²) in [4.78, 5) is 12.6. The van der Waals surface area contributed by atoms with Gasteiger partial charge in [0.15, 0.2) is 5.69 Å². The van der Waals surface area contributed by atoms with Crippen LogP contribution in [0.1, 0.15) is 73.5 Å². The van der Waals surface area contributed by atoms with E-state index in [9.17, 15) is 13.2 Å². The zero-order valence-corrected chi connectivity index (χ0v) is 17.8. The summed E-state index contributed by atoms with van der Waals surface area (Å²) >= 11 is 0. The molecule has 1 saturated carbocycles. The number of carbonyl (C=O) groups excluding carboxylic acids is 1. The van der Waals surface area contributed by atoms with E-state index in [-0.39, 0.29) is 36.1 Å². The van der Waals surface area contributed by atoms with Crippen LogP contribution in [0, 0.1) is 0 Å². The van der Waals surface area contributed by atoms with Crippen molar-refractivity contribution in [3.05, 3.63) is 17.5 Å². The zero-order chi connectivity index (χ0) is 20.5. The summed E-state index contributed by atoms with van der Waals surface area (Å²) in [5.74, 6) is 1.00. The largest absolute Gasteiger partial charge is 0.360 e. The van der Waals surface area contributed by atoms with Gasteiger partial charge in [0.2, 0.25) is 0 Å². The van der Waals surface area contributed by atoms with Crippen LogP contribution in [0.25, 0.3) is 0 Å². The van der Waals surface area contributed by atoms with E-state index in [1.807, 2.05) is 0 Å². The number of carbonyl (C=O) groups is 1. The van der Waals surface area contributed by atoms with Gasteiger partial charge in [-0.05, 0) is 51.4 Å². The second kappa shape index (κ2) is 7.01. The number of hydrogen-bond acceptors (Lipinski definition) is 6. The molecule has 30 heavy (non-hydrogen) atoms. The van der Waals surface area contributed by atoms with Gasteiger partial charge >= 0.3 is 0 Å². The summed E-state index contributed by atoms with van der Waals surface area (Å²) in [7, 11) is -3.47. The molecule has 2 N–H and O–H groups in total. The summed E-state index contributed by atoms with van der Waals surface area (Å²) in [5.41, 5.74) is 0.330. The van der Waals surface area contributed by atoms with Gasteiger partial charge in [-0.3, -0.25) is 4.79 Å². The summed E-state index contributed by atoms with van der Waals surface area (Å²) < 4.78 is 35.9. The summed E-state index contributed by atoms with van der Waals surface area (Å²) in [6.45, 7) is 1.34. The van der Waals surface area contributed by atoms with Gasteiger partial charge in [-0.2, -0.15) is 17.0 Å². The van der Waals surface area contributed by atoms with Crippen LogP contribution in [0.2, 0.25) is 0 Å². The fourth-order valence-corrected chi connectivity index (χ4v) is 8.22. The first-order chi connectivity index (χ1) is 14.5. The van der Waals surface area contributed by atoms with Crippen molar-refractivity contribution in [2.45, 2.75) is 87.5 Å². The van der Waals surface area contributed by atoms with Crippen molar-refractivity contribution in [2.75, 3.05) is 13.1 Å². The normalized spacial score (nSPS) is 36.9. The van der Waals surface area contributed by atoms with E-state index in [4.69, 9.17) is 4.52 Å². The van der Waals surface area contributed by atoms with Crippen molar-refractivity contribution in [2.24, 2.45) is 0 Å². The number of aromatic nitrogens is 1. The Morgan fingerprint density at radius 2 is 1.83 bits per heavy atom. The number of nitrogens with zero attached hydrogens (tertiary/aromatic N) is 3. The maximum Gasteiger partial charge on any atom is 0.282 e. The molecule has 0 radical (unpaired) electrons. The lowest BCUT2D eigenvalue weighted by Gasteiger charge is -2.48. The molecule has 6 heterocycles. The quantitative estimate of drug-likeness (QED) is 0.713. The van der Waals surface area contributed by atoms with Gasteiger partial charge in [0.1, 0.15) is 5.76 Å². The number of amides is 1. The Hall–Kier alpha value is -1.49. The molecule has 1 aromatic rings. The van der Waals surface area contributed by atoms with Crippen LogP contribution < -0.4 is 10.6 Å². The lowest BCUT2D eigenvalue weighted by atomic mass is 9.96. The lowest BCUT2D eigenvalue weighted by Crippen LogP contribution is -2.66. The van der Waals surface area contributed by atoms with E-state index in [1.165, 1.54) is 0 Å². The third-order valence-corrected chi connectivity index (χ3v) is 9.77. The molecular weight excluding hydrogens is 406 g/mol. The molecule has 10 heteroatoms. The number of piperazine rings is 1. The number of hydrogen-bond donors (Lipinski definition) is 2. The fourth-order valence-electron chi connectivity index (χ4n) is 5.92. The van der Waals surface area contributed by atoms with Crippen molar-refractivity contribution in [3.8, 4) is 0 Å². The zero-order valence-electron chi connectivity index (χ0n) is 17.0. The van der Waals surface area contributed by atoms with Crippen LogP contribution in [0.4, 0.5) is 0 Å². The molecule has 6 aliphatic rings. The Bertz CT molecular complexity index is 923. The molecular formula is C20H29N5O4S. The molecule has 1 amide bonds. The van der Waals surface area contributed by atoms with Gasteiger partial charge in [0, 0.05) is 55.3 Å². The van der Waals surface area contributed by atoms with Gasteiger partial charge in [-0.1, -0.05) is 5.16 Å². The summed E-state index contributed by atoms with van der Waals surface area (Å²) in [5, 5.41) is 10.4. The van der Waals surface area contributed by atoms with Gasteiger partial charge in [-0.25, -0.2) is 0 Å². The minimum Gasteiger partial charge on any atom is -0.360 e. The Balaban J connectivity index is 1.13. The standard InChI is InChI=1S/C20H29N5O4S/c26-20(18-9-19(29-23-18)12-1-2-12)22-14-7-15-5-6-16(8-14)25(15)30(27,28)24-11-13-3-4-17(24)10-21-13/h9,12-17,21H,1-8,10-11H2,(H,22,26)/t13?,14-,15+,16-,17?. The third kappa shape index (κ3) is 3.19. The van der Waals surface area contributed by atoms with Crippen molar-refractivity contribution in [3.63, 3.8) is 0 Å². The molecule has 0 spiro atoms. The van der Waals surface area contributed by atoms with Gasteiger partial charge < -0.3 is 15.2 Å². The second-order valence-electron chi connectivity index (χ2n) is 9.66. The molecule has 164 valence electrons. The molecule has 4 bridgehead atoms. The average molecular weight is 436 g/mol. The highest BCUT2D eigenvalue weighted by Crippen LogP contribution is 2.41. The number of rotatable bonds is 5. The summed E-state index contributed by atoms with van der Waals surface area (Å²) in [6, 6.07) is 2.01. The SMILES string of the molecule is O=C(N[C@H]1C[C@H]2CC[C@@H](C1)N2S(=O)(=O)N1CC2CCC1CN2)c1cc(C2CC2)on1. The Morgan fingerprint density at radius 1 is 1.10 bits per heavy atom. The number of fused-ring (bicyclic) bond motifs is 5. The Kier molecular flexibility index (Phi) is 4.49. The molecule has 5 saturated heterocycles. The van der Waals surface area contributed by atoms with Crippen LogP contribution >= 0.6 is 0 Å². The smallest absolute Gasteiger partial charge is 0.282 e. The van der Waals surface area contributed by atoms with Gasteiger partial charge in [-0.15, -0.1) is 0 Å². The lowest BCUT2D eigenvalue weighted by molar-refractivity contribution is 0.0891. The van der Waals surface area contributed by atoms with E-state index in [1.54, 1.807) is 14.7 Å². The van der Waals surface area contributed by atoms with Crippen molar-refractivity contribution < 1.29 is 17.7 Å². The maximum atomic E-state index is 13.5. The van der Waals surface area contributed by atoms with Crippen molar-refractivity contribution in [1.29, 1.82) is 0 Å². The first-order valence-corrected chi connectivity index (χ1v) is 12.7. The molecule has 5 atom stereocenters. The predicted molar refractivity (Wildman–Crippen MR) is 108 cm³/mol. The maximum absolute atomic E-state index is 13.5. The second-order valence-corrected chi connectivity index (χ2v) is 11.4. The highest BCUT2D eigenvalue weighted by Gasteiger charge is 2.51. The van der Waals surface area contributed by atoms with E-state index in [0.29, 0.717) is 31.0 Å². The van der Waals surface area contributed by atoms with Crippen LogP contribution in [0.5, 0.6) is 0 Å². The number of nitrogens with one attached hydrogen (secondary N) is 2. The van der Waals surface area contributed by atoms with E-state index in [0.717, 1.165) is 50.8 Å². The summed E-state index contributed by atoms with van der Waals surface area (Å²) in [6.07, 6.45) is 7.26. The molecule has 9 nitrogen and oxygen atoms in total. The monoisotopic (exact) mass is 435 g/mol. The van der Waals surface area contributed by atoms with Crippen LogP contribution in [0.15, 0.2) is 10.6 Å². The molecule has 0 aromatic carbocycles. The van der Waals surface area contributed by atoms with Crippen LogP contribution in [0.3, 0.4) is 0 Å². The molecule has 5 aliphatic heterocycles. The van der Waals surface area contributed by atoms with Gasteiger partial charge in [0.25, 0.3) is 16.1 Å². The minimum absolute atomic E-state index is 0.0259. The average Bonchev–Trinajstić information content (AvgIpc) is 3.40.